The maximum absolute atomic E-state index is 12.8. The zero-order chi connectivity index (χ0) is 22.2. The van der Waals surface area contributed by atoms with Crippen LogP contribution in [0.4, 0.5) is 0 Å². The second-order valence-electron chi connectivity index (χ2n) is 7.96. The Morgan fingerprint density at radius 3 is 2.56 bits per heavy atom. The largest absolute Gasteiger partial charge is 0.489 e. The van der Waals surface area contributed by atoms with Gasteiger partial charge in [-0.3, -0.25) is 4.79 Å². The summed E-state index contributed by atoms with van der Waals surface area (Å²) in [7, 11) is 0. The van der Waals surface area contributed by atoms with Gasteiger partial charge in [-0.05, 0) is 53.5 Å². The van der Waals surface area contributed by atoms with Gasteiger partial charge in [0.25, 0.3) is 0 Å². The zero-order valence-corrected chi connectivity index (χ0v) is 19.2. The molecule has 1 aromatic heterocycles. The minimum atomic E-state index is 0.0860. The SMILES string of the molecule is CCN(Cc1ccc(OCc2ccccc2)cc1)C(=O)CSc1nnnn1C1CCCC1. The van der Waals surface area contributed by atoms with Crippen molar-refractivity contribution in [2.45, 2.75) is 57.0 Å². The zero-order valence-electron chi connectivity index (χ0n) is 18.4. The summed E-state index contributed by atoms with van der Waals surface area (Å²) in [5, 5.41) is 12.8. The van der Waals surface area contributed by atoms with Gasteiger partial charge >= 0.3 is 0 Å². The molecule has 32 heavy (non-hydrogen) atoms. The molecule has 0 radical (unpaired) electrons. The van der Waals surface area contributed by atoms with E-state index < -0.39 is 0 Å². The van der Waals surface area contributed by atoms with E-state index in [1.54, 1.807) is 0 Å². The number of tetrazole rings is 1. The highest BCUT2D eigenvalue weighted by atomic mass is 32.2. The van der Waals surface area contributed by atoms with Gasteiger partial charge in [0.05, 0.1) is 11.8 Å². The molecular formula is C24H29N5O2S. The maximum atomic E-state index is 12.8. The monoisotopic (exact) mass is 451 g/mol. The third-order valence-corrected chi connectivity index (χ3v) is 6.66. The van der Waals surface area contributed by atoms with Crippen LogP contribution < -0.4 is 4.74 Å². The summed E-state index contributed by atoms with van der Waals surface area (Å²) < 4.78 is 7.75. The van der Waals surface area contributed by atoms with Crippen LogP contribution in [0.15, 0.2) is 59.8 Å². The molecular weight excluding hydrogens is 422 g/mol. The van der Waals surface area contributed by atoms with Crippen molar-refractivity contribution in [1.82, 2.24) is 25.1 Å². The number of nitrogens with zero attached hydrogens (tertiary/aromatic N) is 5. The molecule has 0 spiro atoms. The second kappa shape index (κ2) is 11.1. The first kappa shape index (κ1) is 22.3. The number of rotatable bonds is 10. The molecule has 1 fully saturated rings. The fraction of sp³-hybridized carbons (Fsp3) is 0.417. The molecule has 7 nitrogen and oxygen atoms in total. The molecule has 1 aliphatic carbocycles. The summed E-state index contributed by atoms with van der Waals surface area (Å²) in [6.45, 7) is 3.77. The predicted molar refractivity (Wildman–Crippen MR) is 124 cm³/mol. The molecule has 1 saturated carbocycles. The first-order valence-electron chi connectivity index (χ1n) is 11.2. The highest BCUT2D eigenvalue weighted by Crippen LogP contribution is 2.31. The molecule has 0 aliphatic heterocycles. The Hall–Kier alpha value is -2.87. The minimum absolute atomic E-state index is 0.0860. The molecule has 2 aromatic carbocycles. The molecule has 1 aliphatic rings. The fourth-order valence-electron chi connectivity index (χ4n) is 3.90. The standard InChI is InChI=1S/C24H29N5O2S/c1-2-28(23(30)18-32-24-25-26-27-29(24)21-10-6-7-11-21)16-19-12-14-22(15-13-19)31-17-20-8-4-3-5-9-20/h3-5,8-9,12-15,21H,2,6-7,10-11,16-18H2,1H3. The molecule has 1 amide bonds. The first-order valence-corrected chi connectivity index (χ1v) is 12.2. The van der Waals surface area contributed by atoms with E-state index in [-0.39, 0.29) is 5.91 Å². The lowest BCUT2D eigenvalue weighted by Gasteiger charge is -2.21. The number of thioether (sulfide) groups is 1. The van der Waals surface area contributed by atoms with Crippen LogP contribution >= 0.6 is 11.8 Å². The van der Waals surface area contributed by atoms with Crippen LogP contribution in [0, 0.1) is 0 Å². The normalized spacial score (nSPS) is 13.9. The van der Waals surface area contributed by atoms with Crippen molar-refractivity contribution in [1.29, 1.82) is 0 Å². The average Bonchev–Trinajstić information content (AvgIpc) is 3.53. The van der Waals surface area contributed by atoms with Crippen molar-refractivity contribution in [3.8, 4) is 5.75 Å². The van der Waals surface area contributed by atoms with E-state index in [2.05, 4.69) is 15.5 Å². The van der Waals surface area contributed by atoms with E-state index in [1.165, 1.54) is 24.6 Å². The van der Waals surface area contributed by atoms with Crippen LogP contribution in [0.3, 0.4) is 0 Å². The smallest absolute Gasteiger partial charge is 0.233 e. The minimum Gasteiger partial charge on any atom is -0.489 e. The van der Waals surface area contributed by atoms with E-state index in [1.807, 2.05) is 71.1 Å². The highest BCUT2D eigenvalue weighted by Gasteiger charge is 2.22. The van der Waals surface area contributed by atoms with Crippen molar-refractivity contribution >= 4 is 17.7 Å². The molecule has 3 aromatic rings. The van der Waals surface area contributed by atoms with Crippen LogP contribution in [-0.2, 0) is 17.9 Å². The van der Waals surface area contributed by atoms with E-state index in [9.17, 15) is 4.79 Å². The van der Waals surface area contributed by atoms with Gasteiger partial charge in [0.1, 0.15) is 12.4 Å². The van der Waals surface area contributed by atoms with Crippen molar-refractivity contribution in [3.05, 3.63) is 65.7 Å². The number of benzene rings is 2. The number of hydrogen-bond donors (Lipinski definition) is 0. The summed E-state index contributed by atoms with van der Waals surface area (Å²) in [5.41, 5.74) is 2.21. The first-order chi connectivity index (χ1) is 15.7. The molecule has 4 rings (SSSR count). The van der Waals surface area contributed by atoms with E-state index in [0.29, 0.717) is 31.5 Å². The molecule has 0 N–H and O–H groups in total. The Labute approximate surface area is 193 Å². The highest BCUT2D eigenvalue weighted by molar-refractivity contribution is 7.99. The van der Waals surface area contributed by atoms with E-state index >= 15 is 0 Å². The topological polar surface area (TPSA) is 73.1 Å². The van der Waals surface area contributed by atoms with Crippen LogP contribution in [0.25, 0.3) is 0 Å². The Kier molecular flexibility index (Phi) is 7.77. The number of amides is 1. The fourth-order valence-corrected chi connectivity index (χ4v) is 4.75. The van der Waals surface area contributed by atoms with Crippen molar-refractivity contribution < 1.29 is 9.53 Å². The Balaban J connectivity index is 1.28. The third-order valence-electron chi connectivity index (χ3n) is 5.74. The summed E-state index contributed by atoms with van der Waals surface area (Å²) in [5.74, 6) is 1.24. The summed E-state index contributed by atoms with van der Waals surface area (Å²) >= 11 is 1.43. The van der Waals surface area contributed by atoms with Crippen molar-refractivity contribution in [3.63, 3.8) is 0 Å². The van der Waals surface area contributed by atoms with Gasteiger partial charge in [-0.1, -0.05) is 67.1 Å². The maximum Gasteiger partial charge on any atom is 0.233 e. The molecule has 1 heterocycles. The molecule has 0 bridgehead atoms. The van der Waals surface area contributed by atoms with Crippen molar-refractivity contribution in [2.75, 3.05) is 12.3 Å². The molecule has 8 heteroatoms. The summed E-state index contributed by atoms with van der Waals surface area (Å²) in [6.07, 6.45) is 4.65. The van der Waals surface area contributed by atoms with Crippen molar-refractivity contribution in [2.24, 2.45) is 0 Å². The number of carbonyl (C=O) groups excluding carboxylic acids is 1. The summed E-state index contributed by atoms with van der Waals surface area (Å²) in [4.78, 5) is 14.7. The average molecular weight is 452 g/mol. The van der Waals surface area contributed by atoms with Gasteiger partial charge in [0.2, 0.25) is 11.1 Å². The second-order valence-corrected chi connectivity index (χ2v) is 8.90. The molecule has 0 unspecified atom stereocenters. The van der Waals surface area contributed by atoms with Gasteiger partial charge in [-0.15, -0.1) is 5.10 Å². The van der Waals surface area contributed by atoms with Crippen LogP contribution in [0.1, 0.15) is 49.8 Å². The Morgan fingerprint density at radius 1 is 1.09 bits per heavy atom. The molecule has 0 saturated heterocycles. The lowest BCUT2D eigenvalue weighted by atomic mass is 10.2. The van der Waals surface area contributed by atoms with E-state index in [0.717, 1.165) is 34.9 Å². The quantitative estimate of drug-likeness (QED) is 0.422. The van der Waals surface area contributed by atoms with E-state index in [4.69, 9.17) is 4.74 Å². The lowest BCUT2D eigenvalue weighted by Crippen LogP contribution is -2.31. The van der Waals surface area contributed by atoms with Gasteiger partial charge in [0.15, 0.2) is 0 Å². The van der Waals surface area contributed by atoms with Crippen LogP contribution in [0.5, 0.6) is 5.75 Å². The number of ether oxygens (including phenoxy) is 1. The number of aromatic nitrogens is 4. The number of hydrogen-bond acceptors (Lipinski definition) is 6. The third kappa shape index (κ3) is 5.88. The number of carbonyl (C=O) groups is 1. The van der Waals surface area contributed by atoms with Gasteiger partial charge in [-0.25, -0.2) is 4.68 Å². The van der Waals surface area contributed by atoms with Crippen LogP contribution in [0.2, 0.25) is 0 Å². The van der Waals surface area contributed by atoms with Gasteiger partial charge in [-0.2, -0.15) is 0 Å². The van der Waals surface area contributed by atoms with Gasteiger partial charge < -0.3 is 9.64 Å². The Morgan fingerprint density at radius 2 is 1.84 bits per heavy atom. The lowest BCUT2D eigenvalue weighted by molar-refractivity contribution is -0.128. The summed E-state index contributed by atoms with van der Waals surface area (Å²) in [6, 6.07) is 18.4. The van der Waals surface area contributed by atoms with Crippen LogP contribution in [-0.4, -0.2) is 43.3 Å². The molecule has 168 valence electrons. The Bertz CT molecular complexity index is 987. The molecule has 0 atom stereocenters. The van der Waals surface area contributed by atoms with Gasteiger partial charge in [0, 0.05) is 13.1 Å². The predicted octanol–water partition coefficient (Wildman–Crippen LogP) is 4.51.